The number of hydrogen-bond donors (Lipinski definition) is 1. The fourth-order valence-electron chi connectivity index (χ4n) is 2.25. The summed E-state index contributed by atoms with van der Waals surface area (Å²) in [5.41, 5.74) is 1.49. The van der Waals surface area contributed by atoms with Gasteiger partial charge in [-0.25, -0.2) is 0 Å². The van der Waals surface area contributed by atoms with E-state index >= 15 is 0 Å². The average Bonchev–Trinajstić information content (AvgIpc) is 3.14. The molecule has 3 aromatic rings. The van der Waals surface area contributed by atoms with Crippen molar-refractivity contribution >= 4 is 23.5 Å². The minimum Gasteiger partial charge on any atom is -0.465 e. The van der Waals surface area contributed by atoms with E-state index in [0.29, 0.717) is 22.6 Å². The van der Waals surface area contributed by atoms with Crippen LogP contribution in [0.3, 0.4) is 0 Å². The van der Waals surface area contributed by atoms with E-state index < -0.39 is 0 Å². The van der Waals surface area contributed by atoms with Crippen LogP contribution in [-0.4, -0.2) is 11.7 Å². The summed E-state index contributed by atoms with van der Waals surface area (Å²) in [7, 11) is 0. The monoisotopic (exact) mass is 317 g/mol. The molecule has 0 radical (unpaired) electrons. The molecule has 24 heavy (non-hydrogen) atoms. The lowest BCUT2D eigenvalue weighted by molar-refractivity contribution is -0.111. The second-order valence-electron chi connectivity index (χ2n) is 5.08. The Morgan fingerprint density at radius 2 is 1.62 bits per heavy atom. The number of ketones is 1. The number of amides is 1. The molecule has 0 spiro atoms. The largest absolute Gasteiger partial charge is 0.465 e. The van der Waals surface area contributed by atoms with Crippen LogP contribution in [0.25, 0.3) is 6.08 Å². The zero-order valence-corrected chi connectivity index (χ0v) is 12.8. The minimum atomic E-state index is -0.334. The summed E-state index contributed by atoms with van der Waals surface area (Å²) in [5.74, 6) is 0.111. The van der Waals surface area contributed by atoms with Gasteiger partial charge in [-0.15, -0.1) is 0 Å². The van der Waals surface area contributed by atoms with E-state index in [1.165, 1.54) is 12.3 Å². The van der Waals surface area contributed by atoms with Crippen molar-refractivity contribution < 1.29 is 14.0 Å². The molecule has 0 aliphatic heterocycles. The number of carbonyl (C=O) groups excluding carboxylic acids is 2. The number of hydrogen-bond acceptors (Lipinski definition) is 3. The van der Waals surface area contributed by atoms with Crippen LogP contribution in [0.2, 0.25) is 0 Å². The highest BCUT2D eigenvalue weighted by Gasteiger charge is 2.13. The lowest BCUT2D eigenvalue weighted by Gasteiger charge is -2.09. The van der Waals surface area contributed by atoms with E-state index in [1.807, 2.05) is 6.07 Å². The molecule has 0 bridgehead atoms. The Bertz CT molecular complexity index is 865. The SMILES string of the molecule is O=C(C=Cc1ccco1)Nc1ccccc1C(=O)c1ccccc1. The van der Waals surface area contributed by atoms with Crippen molar-refractivity contribution in [1.29, 1.82) is 0 Å². The molecule has 0 saturated carbocycles. The molecule has 1 heterocycles. The van der Waals surface area contributed by atoms with Crippen molar-refractivity contribution in [2.45, 2.75) is 0 Å². The number of nitrogens with one attached hydrogen (secondary N) is 1. The van der Waals surface area contributed by atoms with Crippen LogP contribution in [0, 0.1) is 0 Å². The molecule has 4 nitrogen and oxygen atoms in total. The molecule has 1 N–H and O–H groups in total. The van der Waals surface area contributed by atoms with Crippen molar-refractivity contribution in [2.24, 2.45) is 0 Å². The van der Waals surface area contributed by atoms with Crippen LogP contribution < -0.4 is 5.32 Å². The number of para-hydroxylation sites is 1. The molecular weight excluding hydrogens is 302 g/mol. The third-order valence-corrected chi connectivity index (χ3v) is 3.41. The van der Waals surface area contributed by atoms with E-state index in [1.54, 1.807) is 66.7 Å². The first-order valence-electron chi connectivity index (χ1n) is 7.45. The molecule has 0 aliphatic rings. The molecule has 0 atom stereocenters. The highest BCUT2D eigenvalue weighted by atomic mass is 16.3. The smallest absolute Gasteiger partial charge is 0.248 e. The topological polar surface area (TPSA) is 59.3 Å². The summed E-state index contributed by atoms with van der Waals surface area (Å²) < 4.78 is 5.13. The van der Waals surface area contributed by atoms with E-state index in [4.69, 9.17) is 4.42 Å². The number of carbonyl (C=O) groups is 2. The average molecular weight is 317 g/mol. The van der Waals surface area contributed by atoms with Gasteiger partial charge in [0.2, 0.25) is 5.91 Å². The summed E-state index contributed by atoms with van der Waals surface area (Å²) in [6.07, 6.45) is 4.46. The number of rotatable bonds is 5. The Kier molecular flexibility index (Phi) is 4.68. The van der Waals surface area contributed by atoms with Crippen LogP contribution in [0.1, 0.15) is 21.7 Å². The maximum Gasteiger partial charge on any atom is 0.248 e. The van der Waals surface area contributed by atoms with Gasteiger partial charge in [0.25, 0.3) is 0 Å². The standard InChI is InChI=1S/C20H15NO3/c22-19(13-12-16-9-6-14-24-16)21-18-11-5-4-10-17(18)20(23)15-7-2-1-3-8-15/h1-14H,(H,21,22). The van der Waals surface area contributed by atoms with Gasteiger partial charge in [0.15, 0.2) is 5.78 Å². The van der Waals surface area contributed by atoms with Gasteiger partial charge in [-0.2, -0.15) is 0 Å². The fraction of sp³-hybridized carbons (Fsp3) is 0. The van der Waals surface area contributed by atoms with Gasteiger partial charge in [-0.05, 0) is 30.3 Å². The van der Waals surface area contributed by atoms with Gasteiger partial charge in [0.1, 0.15) is 5.76 Å². The first-order valence-corrected chi connectivity index (χ1v) is 7.45. The van der Waals surface area contributed by atoms with Crippen LogP contribution in [0.15, 0.2) is 83.5 Å². The van der Waals surface area contributed by atoms with Crippen LogP contribution >= 0.6 is 0 Å². The van der Waals surface area contributed by atoms with Crippen molar-refractivity contribution in [1.82, 2.24) is 0 Å². The number of anilines is 1. The second kappa shape index (κ2) is 7.24. The van der Waals surface area contributed by atoms with Crippen LogP contribution in [-0.2, 0) is 4.79 Å². The highest BCUT2D eigenvalue weighted by molar-refractivity contribution is 6.14. The molecule has 0 fully saturated rings. The van der Waals surface area contributed by atoms with Gasteiger partial charge < -0.3 is 9.73 Å². The third kappa shape index (κ3) is 3.67. The molecular formula is C20H15NO3. The summed E-state index contributed by atoms with van der Waals surface area (Å²) >= 11 is 0. The van der Waals surface area contributed by atoms with E-state index in [9.17, 15) is 9.59 Å². The Balaban J connectivity index is 1.79. The van der Waals surface area contributed by atoms with Gasteiger partial charge in [-0.1, -0.05) is 42.5 Å². The third-order valence-electron chi connectivity index (χ3n) is 3.41. The Morgan fingerprint density at radius 3 is 2.38 bits per heavy atom. The van der Waals surface area contributed by atoms with Gasteiger partial charge in [0.05, 0.1) is 12.0 Å². The van der Waals surface area contributed by atoms with E-state index in [0.717, 1.165) is 0 Å². The first kappa shape index (κ1) is 15.5. The van der Waals surface area contributed by atoms with E-state index in [2.05, 4.69) is 5.32 Å². The minimum absolute atomic E-state index is 0.137. The molecule has 0 saturated heterocycles. The molecule has 1 amide bonds. The molecule has 1 aromatic heterocycles. The predicted molar refractivity (Wildman–Crippen MR) is 92.7 cm³/mol. The zero-order chi connectivity index (χ0) is 16.8. The lowest BCUT2D eigenvalue weighted by Crippen LogP contribution is -2.12. The predicted octanol–water partition coefficient (Wildman–Crippen LogP) is 4.16. The van der Waals surface area contributed by atoms with Crippen molar-refractivity contribution in [3.05, 3.63) is 96.0 Å². The summed E-state index contributed by atoms with van der Waals surface area (Å²) in [5, 5.41) is 2.74. The van der Waals surface area contributed by atoms with Gasteiger partial charge in [0, 0.05) is 17.2 Å². The molecule has 0 aliphatic carbocycles. The zero-order valence-electron chi connectivity index (χ0n) is 12.8. The highest BCUT2D eigenvalue weighted by Crippen LogP contribution is 2.19. The summed E-state index contributed by atoms with van der Waals surface area (Å²) in [6, 6.07) is 19.4. The van der Waals surface area contributed by atoms with Gasteiger partial charge >= 0.3 is 0 Å². The lowest BCUT2D eigenvalue weighted by atomic mass is 10.0. The van der Waals surface area contributed by atoms with Crippen molar-refractivity contribution in [3.8, 4) is 0 Å². The van der Waals surface area contributed by atoms with Crippen LogP contribution in [0.4, 0.5) is 5.69 Å². The Labute approximate surface area is 139 Å². The number of furan rings is 1. The summed E-state index contributed by atoms with van der Waals surface area (Å²) in [4.78, 5) is 24.7. The molecule has 118 valence electrons. The van der Waals surface area contributed by atoms with E-state index in [-0.39, 0.29) is 11.7 Å². The Morgan fingerprint density at radius 1 is 0.875 bits per heavy atom. The van der Waals surface area contributed by atoms with Crippen molar-refractivity contribution in [3.63, 3.8) is 0 Å². The van der Waals surface area contributed by atoms with Gasteiger partial charge in [-0.3, -0.25) is 9.59 Å². The maximum atomic E-state index is 12.6. The molecule has 4 heteroatoms. The molecule has 0 unspecified atom stereocenters. The Hall–Kier alpha value is -3.40. The summed E-state index contributed by atoms with van der Waals surface area (Å²) in [6.45, 7) is 0. The molecule has 2 aromatic carbocycles. The fourth-order valence-corrected chi connectivity index (χ4v) is 2.25. The first-order chi connectivity index (χ1) is 11.7. The number of benzene rings is 2. The van der Waals surface area contributed by atoms with Crippen molar-refractivity contribution in [2.75, 3.05) is 5.32 Å². The molecule has 3 rings (SSSR count). The second-order valence-corrected chi connectivity index (χ2v) is 5.08. The quantitative estimate of drug-likeness (QED) is 0.568. The van der Waals surface area contributed by atoms with Crippen LogP contribution in [0.5, 0.6) is 0 Å². The normalized spacial score (nSPS) is 10.7. The maximum absolute atomic E-state index is 12.6.